The summed E-state index contributed by atoms with van der Waals surface area (Å²) in [6.07, 6.45) is 0.182. The number of rotatable bonds is 3. The molecule has 3 N–H and O–H groups in total. The van der Waals surface area contributed by atoms with Gasteiger partial charge in [-0.15, -0.1) is 0 Å². The molecule has 0 aliphatic rings. The SMILES string of the molecule is CC(CC(N)=O)NC(=O)C(C)(C)C. The first kappa shape index (κ1) is 11.9. The molecule has 13 heavy (non-hydrogen) atoms. The summed E-state index contributed by atoms with van der Waals surface area (Å²) in [4.78, 5) is 21.9. The van der Waals surface area contributed by atoms with E-state index in [0.29, 0.717) is 0 Å². The van der Waals surface area contributed by atoms with Crippen molar-refractivity contribution in [2.75, 3.05) is 0 Å². The molecule has 0 aromatic heterocycles. The average Bonchev–Trinajstić information content (AvgIpc) is 1.82. The summed E-state index contributed by atoms with van der Waals surface area (Å²) in [6, 6.07) is -0.191. The first-order chi connectivity index (χ1) is 5.73. The first-order valence-corrected chi connectivity index (χ1v) is 4.32. The molecule has 4 heteroatoms. The molecule has 1 atom stereocenters. The minimum Gasteiger partial charge on any atom is -0.370 e. The maximum atomic E-state index is 11.4. The van der Waals surface area contributed by atoms with Gasteiger partial charge in [0.05, 0.1) is 0 Å². The Morgan fingerprint density at radius 3 is 2.15 bits per heavy atom. The predicted molar refractivity (Wildman–Crippen MR) is 50.9 cm³/mol. The molecule has 0 heterocycles. The molecule has 0 rings (SSSR count). The van der Waals surface area contributed by atoms with Gasteiger partial charge in [-0.1, -0.05) is 20.8 Å². The number of carbonyl (C=O) groups is 2. The molecular weight excluding hydrogens is 168 g/mol. The Bertz CT molecular complexity index is 206. The summed E-state index contributed by atoms with van der Waals surface area (Å²) in [6.45, 7) is 7.21. The Morgan fingerprint density at radius 1 is 1.38 bits per heavy atom. The zero-order valence-electron chi connectivity index (χ0n) is 8.68. The summed E-state index contributed by atoms with van der Waals surface area (Å²) in [5, 5.41) is 2.71. The number of nitrogens with two attached hydrogens (primary N) is 1. The van der Waals surface area contributed by atoms with E-state index in [1.165, 1.54) is 0 Å². The molecule has 0 saturated heterocycles. The number of carbonyl (C=O) groups excluding carboxylic acids is 2. The monoisotopic (exact) mass is 186 g/mol. The summed E-state index contributed by atoms with van der Waals surface area (Å²) in [5.74, 6) is -0.469. The fourth-order valence-electron chi connectivity index (χ4n) is 0.793. The summed E-state index contributed by atoms with van der Waals surface area (Å²) in [7, 11) is 0. The lowest BCUT2D eigenvalue weighted by Gasteiger charge is -2.21. The van der Waals surface area contributed by atoms with Crippen LogP contribution in [0.1, 0.15) is 34.1 Å². The third-order valence-corrected chi connectivity index (χ3v) is 1.57. The van der Waals surface area contributed by atoms with Crippen molar-refractivity contribution in [1.82, 2.24) is 5.32 Å². The van der Waals surface area contributed by atoms with Gasteiger partial charge in [0.1, 0.15) is 0 Å². The van der Waals surface area contributed by atoms with Gasteiger partial charge in [-0.05, 0) is 6.92 Å². The normalized spacial score (nSPS) is 13.5. The van der Waals surface area contributed by atoms with Crippen LogP contribution in [0.3, 0.4) is 0 Å². The third kappa shape index (κ3) is 5.22. The van der Waals surface area contributed by atoms with E-state index >= 15 is 0 Å². The van der Waals surface area contributed by atoms with Crippen LogP contribution in [0.4, 0.5) is 0 Å². The smallest absolute Gasteiger partial charge is 0.225 e. The molecule has 0 radical (unpaired) electrons. The van der Waals surface area contributed by atoms with Crippen LogP contribution in [0.15, 0.2) is 0 Å². The molecule has 1 unspecified atom stereocenters. The third-order valence-electron chi connectivity index (χ3n) is 1.57. The second-order valence-electron chi connectivity index (χ2n) is 4.29. The van der Waals surface area contributed by atoms with Crippen LogP contribution in [0, 0.1) is 5.41 Å². The van der Waals surface area contributed by atoms with E-state index in [0.717, 1.165) is 0 Å². The van der Waals surface area contributed by atoms with Gasteiger partial charge >= 0.3 is 0 Å². The van der Waals surface area contributed by atoms with Crippen molar-refractivity contribution in [1.29, 1.82) is 0 Å². The molecule has 0 saturated carbocycles. The Balaban J connectivity index is 4.00. The van der Waals surface area contributed by atoms with E-state index in [1.807, 2.05) is 20.8 Å². The minimum absolute atomic E-state index is 0.0683. The van der Waals surface area contributed by atoms with Crippen molar-refractivity contribution >= 4 is 11.8 Å². The fraction of sp³-hybridized carbons (Fsp3) is 0.778. The first-order valence-electron chi connectivity index (χ1n) is 4.32. The molecule has 0 aromatic rings. The van der Waals surface area contributed by atoms with Gasteiger partial charge in [-0.2, -0.15) is 0 Å². The molecule has 0 aliphatic heterocycles. The quantitative estimate of drug-likeness (QED) is 0.670. The van der Waals surface area contributed by atoms with Gasteiger partial charge in [-0.3, -0.25) is 9.59 Å². The predicted octanol–water partition coefficient (Wildman–Crippen LogP) is 0.413. The van der Waals surface area contributed by atoms with Crippen LogP contribution in [0.5, 0.6) is 0 Å². The number of nitrogens with one attached hydrogen (secondary N) is 1. The van der Waals surface area contributed by atoms with E-state index in [9.17, 15) is 9.59 Å². The number of primary amides is 1. The van der Waals surface area contributed by atoms with E-state index < -0.39 is 11.3 Å². The van der Waals surface area contributed by atoms with Crippen LogP contribution in [-0.2, 0) is 9.59 Å². The molecule has 0 bridgehead atoms. The molecule has 0 aliphatic carbocycles. The van der Waals surface area contributed by atoms with Gasteiger partial charge < -0.3 is 11.1 Å². The Morgan fingerprint density at radius 2 is 1.85 bits per heavy atom. The minimum atomic E-state index is -0.425. The van der Waals surface area contributed by atoms with Crippen molar-refractivity contribution in [3.63, 3.8) is 0 Å². The van der Waals surface area contributed by atoms with E-state index in [1.54, 1.807) is 6.92 Å². The molecule has 0 fully saturated rings. The lowest BCUT2D eigenvalue weighted by Crippen LogP contribution is -2.41. The fourth-order valence-corrected chi connectivity index (χ4v) is 0.793. The lowest BCUT2D eigenvalue weighted by atomic mass is 9.95. The maximum Gasteiger partial charge on any atom is 0.225 e. The van der Waals surface area contributed by atoms with Gasteiger partial charge in [0.15, 0.2) is 0 Å². The summed E-state index contributed by atoms with van der Waals surface area (Å²) < 4.78 is 0. The highest BCUT2D eigenvalue weighted by Crippen LogP contribution is 2.12. The van der Waals surface area contributed by atoms with Gasteiger partial charge in [-0.25, -0.2) is 0 Å². The van der Waals surface area contributed by atoms with E-state index in [2.05, 4.69) is 5.32 Å². The molecule has 0 aromatic carbocycles. The maximum absolute atomic E-state index is 11.4. The highest BCUT2D eigenvalue weighted by molar-refractivity contribution is 5.82. The van der Waals surface area contributed by atoms with Crippen molar-refractivity contribution < 1.29 is 9.59 Å². The molecular formula is C9H18N2O2. The summed E-state index contributed by atoms with van der Waals surface area (Å²) in [5.41, 5.74) is 4.56. The van der Waals surface area contributed by atoms with Crippen LogP contribution < -0.4 is 11.1 Å². The van der Waals surface area contributed by atoms with Crippen LogP contribution >= 0.6 is 0 Å². The highest BCUT2D eigenvalue weighted by atomic mass is 16.2. The van der Waals surface area contributed by atoms with Gasteiger partial charge in [0.2, 0.25) is 11.8 Å². The number of amides is 2. The Kier molecular flexibility index (Phi) is 3.91. The largest absolute Gasteiger partial charge is 0.370 e. The second kappa shape index (κ2) is 4.25. The molecule has 76 valence electrons. The Hall–Kier alpha value is -1.06. The standard InChI is InChI=1S/C9H18N2O2/c1-6(5-7(10)12)11-8(13)9(2,3)4/h6H,5H2,1-4H3,(H2,10,12)(H,11,13). The van der Waals surface area contributed by atoms with E-state index in [-0.39, 0.29) is 18.4 Å². The average molecular weight is 186 g/mol. The van der Waals surface area contributed by atoms with Gasteiger partial charge in [0.25, 0.3) is 0 Å². The molecule has 2 amide bonds. The van der Waals surface area contributed by atoms with Crippen molar-refractivity contribution in [2.24, 2.45) is 11.1 Å². The zero-order chi connectivity index (χ0) is 10.6. The second-order valence-corrected chi connectivity index (χ2v) is 4.29. The van der Waals surface area contributed by atoms with E-state index in [4.69, 9.17) is 5.73 Å². The molecule has 4 nitrogen and oxygen atoms in total. The zero-order valence-corrected chi connectivity index (χ0v) is 8.68. The Labute approximate surface area is 78.9 Å². The number of hydrogen-bond acceptors (Lipinski definition) is 2. The van der Waals surface area contributed by atoms with Crippen molar-refractivity contribution in [3.05, 3.63) is 0 Å². The van der Waals surface area contributed by atoms with Crippen LogP contribution in [0.2, 0.25) is 0 Å². The number of hydrogen-bond donors (Lipinski definition) is 2. The van der Waals surface area contributed by atoms with Crippen LogP contribution in [0.25, 0.3) is 0 Å². The van der Waals surface area contributed by atoms with Gasteiger partial charge in [0, 0.05) is 17.9 Å². The molecule has 0 spiro atoms. The topological polar surface area (TPSA) is 72.2 Å². The van der Waals surface area contributed by atoms with Crippen LogP contribution in [-0.4, -0.2) is 17.9 Å². The summed E-state index contributed by atoms with van der Waals surface area (Å²) >= 11 is 0. The lowest BCUT2D eigenvalue weighted by molar-refractivity contribution is -0.129. The highest BCUT2D eigenvalue weighted by Gasteiger charge is 2.22. The van der Waals surface area contributed by atoms with Crippen molar-refractivity contribution in [3.8, 4) is 0 Å². The van der Waals surface area contributed by atoms with Crippen molar-refractivity contribution in [2.45, 2.75) is 40.2 Å².